The minimum absolute atomic E-state index is 0.166. The molecule has 7 heteroatoms. The number of nitrogens with one attached hydrogen (secondary N) is 2. The Kier molecular flexibility index (Phi) is 3.80. The lowest BCUT2D eigenvalue weighted by atomic mass is 9.69. The molecule has 1 aliphatic heterocycles. The molecule has 6 rings (SSSR count). The van der Waals surface area contributed by atoms with Crippen LogP contribution in [0, 0.1) is 6.92 Å². The zero-order valence-electron chi connectivity index (χ0n) is 17.2. The number of nitrogens with zero attached hydrogens (tertiary/aromatic N) is 1. The molecule has 3 aliphatic rings. The third-order valence-corrected chi connectivity index (χ3v) is 7.11. The fraction of sp³-hybridized carbons (Fsp3) is 0.417. The van der Waals surface area contributed by atoms with Gasteiger partial charge in [0, 0.05) is 30.1 Å². The van der Waals surface area contributed by atoms with Crippen molar-refractivity contribution < 1.29 is 18.1 Å². The molecule has 31 heavy (non-hydrogen) atoms. The zero-order valence-corrected chi connectivity index (χ0v) is 17.2. The molecule has 2 N–H and O–H groups in total. The monoisotopic (exact) mass is 423 g/mol. The number of aromatic nitrogens is 1. The predicted octanol–water partition coefficient (Wildman–Crippen LogP) is 5.78. The molecular weight excluding hydrogens is 400 g/mol. The summed E-state index contributed by atoms with van der Waals surface area (Å²) < 4.78 is 33.2. The Morgan fingerprint density at radius 1 is 1.13 bits per heavy atom. The minimum Gasteiger partial charge on any atom is -0.364 e. The first-order valence-electron chi connectivity index (χ1n) is 10.9. The standard InChI is InChI=1S/C24H23F2N3O2/c1-13-2-6-16-20(31-29-21(16)27-15-4-5-15)19(13)14-3-7-17-18(12-14)28-22(30)23(17)8-10-24(25,26)11-9-23/h2-3,6-7,12,15H,4-5,8-11H2,1H3,(H,27,29)(H,28,30). The van der Waals surface area contributed by atoms with E-state index in [4.69, 9.17) is 4.52 Å². The van der Waals surface area contributed by atoms with Gasteiger partial charge in [-0.15, -0.1) is 0 Å². The molecule has 1 amide bonds. The van der Waals surface area contributed by atoms with Crippen LogP contribution in [0.1, 0.15) is 49.7 Å². The summed E-state index contributed by atoms with van der Waals surface area (Å²) in [5.74, 6) is -2.09. The highest BCUT2D eigenvalue weighted by molar-refractivity contribution is 6.08. The van der Waals surface area contributed by atoms with Gasteiger partial charge < -0.3 is 15.2 Å². The van der Waals surface area contributed by atoms with Crippen LogP contribution in [0.5, 0.6) is 0 Å². The van der Waals surface area contributed by atoms with Gasteiger partial charge in [0.2, 0.25) is 11.8 Å². The molecule has 2 aromatic carbocycles. The topological polar surface area (TPSA) is 67.2 Å². The minimum atomic E-state index is -2.68. The molecule has 3 aromatic rings. The van der Waals surface area contributed by atoms with Gasteiger partial charge in [-0.25, -0.2) is 8.78 Å². The molecule has 2 saturated carbocycles. The largest absolute Gasteiger partial charge is 0.364 e. The molecule has 0 radical (unpaired) electrons. The third-order valence-electron chi connectivity index (χ3n) is 7.11. The van der Waals surface area contributed by atoms with Gasteiger partial charge in [0.25, 0.3) is 0 Å². The quantitative estimate of drug-likeness (QED) is 0.561. The van der Waals surface area contributed by atoms with Gasteiger partial charge in [0.15, 0.2) is 11.4 Å². The van der Waals surface area contributed by atoms with Crippen LogP contribution in [0.4, 0.5) is 20.3 Å². The molecule has 5 nitrogen and oxygen atoms in total. The Morgan fingerprint density at radius 3 is 2.65 bits per heavy atom. The Bertz CT molecular complexity index is 1220. The van der Waals surface area contributed by atoms with Crippen molar-refractivity contribution in [3.8, 4) is 11.1 Å². The molecular formula is C24H23F2N3O2. The van der Waals surface area contributed by atoms with E-state index < -0.39 is 11.3 Å². The van der Waals surface area contributed by atoms with Crippen molar-refractivity contribution in [3.63, 3.8) is 0 Å². The van der Waals surface area contributed by atoms with Crippen LogP contribution >= 0.6 is 0 Å². The SMILES string of the molecule is Cc1ccc2c(NC3CC3)noc2c1-c1ccc2c(c1)NC(=O)C21CCC(F)(F)CC1. The average Bonchev–Trinajstić information content (AvgIpc) is 3.40. The normalized spacial score (nSPS) is 21.3. The van der Waals surface area contributed by atoms with Crippen molar-refractivity contribution in [2.45, 2.75) is 62.8 Å². The predicted molar refractivity (Wildman–Crippen MR) is 115 cm³/mol. The Hall–Kier alpha value is -2.96. The van der Waals surface area contributed by atoms with E-state index in [2.05, 4.69) is 15.8 Å². The summed E-state index contributed by atoms with van der Waals surface area (Å²) in [5.41, 5.74) is 4.29. The lowest BCUT2D eigenvalue weighted by Gasteiger charge is -2.35. The summed E-state index contributed by atoms with van der Waals surface area (Å²) in [6.07, 6.45) is 2.12. The van der Waals surface area contributed by atoms with Crippen LogP contribution in [0.3, 0.4) is 0 Å². The Balaban J connectivity index is 1.42. The number of alkyl halides is 2. The summed E-state index contributed by atoms with van der Waals surface area (Å²) in [6, 6.07) is 10.3. The fourth-order valence-corrected chi connectivity index (χ4v) is 5.11. The van der Waals surface area contributed by atoms with Crippen molar-refractivity contribution in [2.75, 3.05) is 10.6 Å². The lowest BCUT2D eigenvalue weighted by molar-refractivity contribution is -0.125. The molecule has 0 unspecified atom stereocenters. The number of fused-ring (bicyclic) bond motifs is 3. The molecule has 2 aliphatic carbocycles. The van der Waals surface area contributed by atoms with Gasteiger partial charge in [-0.05, 0) is 61.4 Å². The van der Waals surface area contributed by atoms with E-state index >= 15 is 0 Å². The van der Waals surface area contributed by atoms with E-state index in [-0.39, 0.29) is 31.6 Å². The highest BCUT2D eigenvalue weighted by Crippen LogP contribution is 2.52. The van der Waals surface area contributed by atoms with Gasteiger partial charge in [0.1, 0.15) is 0 Å². The van der Waals surface area contributed by atoms with Crippen molar-refractivity contribution in [2.24, 2.45) is 0 Å². The number of benzene rings is 2. The number of carbonyl (C=O) groups excluding carboxylic acids is 1. The number of carbonyl (C=O) groups is 1. The average molecular weight is 423 g/mol. The van der Waals surface area contributed by atoms with Gasteiger partial charge in [-0.3, -0.25) is 4.79 Å². The molecule has 2 fully saturated rings. The molecule has 160 valence electrons. The first-order valence-corrected chi connectivity index (χ1v) is 10.9. The molecule has 1 spiro atoms. The molecule has 0 saturated heterocycles. The van der Waals surface area contributed by atoms with Crippen molar-refractivity contribution in [1.82, 2.24) is 5.16 Å². The third kappa shape index (κ3) is 2.86. The van der Waals surface area contributed by atoms with Crippen molar-refractivity contribution in [1.29, 1.82) is 0 Å². The zero-order chi connectivity index (χ0) is 21.4. The number of hydrogen-bond acceptors (Lipinski definition) is 4. The van der Waals surface area contributed by atoms with E-state index in [9.17, 15) is 13.6 Å². The summed E-state index contributed by atoms with van der Waals surface area (Å²) in [4.78, 5) is 12.9. The number of halogens is 2. The maximum Gasteiger partial charge on any atom is 0.248 e. The number of rotatable bonds is 3. The highest BCUT2D eigenvalue weighted by Gasteiger charge is 2.52. The molecule has 1 aromatic heterocycles. The first kappa shape index (κ1) is 18.8. The maximum atomic E-state index is 13.8. The van der Waals surface area contributed by atoms with Gasteiger partial charge in [-0.2, -0.15) is 0 Å². The number of anilines is 2. The molecule has 0 atom stereocenters. The van der Waals surface area contributed by atoms with Crippen LogP contribution in [-0.2, 0) is 10.2 Å². The van der Waals surface area contributed by atoms with Crippen LogP contribution in [-0.4, -0.2) is 23.0 Å². The smallest absolute Gasteiger partial charge is 0.248 e. The summed E-state index contributed by atoms with van der Waals surface area (Å²) in [7, 11) is 0. The van der Waals surface area contributed by atoms with Gasteiger partial charge in [-0.1, -0.05) is 23.4 Å². The van der Waals surface area contributed by atoms with Crippen molar-refractivity contribution >= 4 is 28.4 Å². The second-order valence-corrected chi connectivity index (χ2v) is 9.24. The maximum absolute atomic E-state index is 13.8. The molecule has 2 heterocycles. The van der Waals surface area contributed by atoms with Crippen LogP contribution in [0.15, 0.2) is 34.9 Å². The Morgan fingerprint density at radius 2 is 1.90 bits per heavy atom. The highest BCUT2D eigenvalue weighted by atomic mass is 19.3. The summed E-state index contributed by atoms with van der Waals surface area (Å²) >= 11 is 0. The van der Waals surface area contributed by atoms with Crippen LogP contribution in [0.25, 0.3) is 22.1 Å². The first-order chi connectivity index (χ1) is 14.9. The van der Waals surface area contributed by atoms with E-state index in [0.29, 0.717) is 17.3 Å². The second-order valence-electron chi connectivity index (χ2n) is 9.24. The van der Waals surface area contributed by atoms with Crippen molar-refractivity contribution in [3.05, 3.63) is 41.5 Å². The van der Waals surface area contributed by atoms with Gasteiger partial charge in [0.05, 0.1) is 10.8 Å². The number of aryl methyl sites for hydroxylation is 1. The number of amides is 1. The van der Waals surface area contributed by atoms with Crippen LogP contribution in [0.2, 0.25) is 0 Å². The Labute approximate surface area is 178 Å². The fourth-order valence-electron chi connectivity index (χ4n) is 5.11. The summed E-state index contributed by atoms with van der Waals surface area (Å²) in [6.45, 7) is 2.02. The number of hydrogen-bond donors (Lipinski definition) is 2. The lowest BCUT2D eigenvalue weighted by Crippen LogP contribution is -2.41. The van der Waals surface area contributed by atoms with E-state index in [1.54, 1.807) is 0 Å². The van der Waals surface area contributed by atoms with Gasteiger partial charge >= 0.3 is 0 Å². The van der Waals surface area contributed by atoms with E-state index in [1.807, 2.05) is 37.3 Å². The van der Waals surface area contributed by atoms with E-state index in [0.717, 1.165) is 46.3 Å². The second kappa shape index (κ2) is 6.28. The summed E-state index contributed by atoms with van der Waals surface area (Å²) in [5, 5.41) is 11.5. The molecule has 0 bridgehead atoms. The van der Waals surface area contributed by atoms with Crippen LogP contribution < -0.4 is 10.6 Å². The van der Waals surface area contributed by atoms with E-state index in [1.165, 1.54) is 0 Å².